The van der Waals surface area contributed by atoms with Gasteiger partial charge in [0.1, 0.15) is 12.4 Å². The minimum atomic E-state index is 0.756. The fraction of sp³-hybridized carbons (Fsp3) is 0.353. The molecule has 194 valence electrons. The Bertz CT molecular complexity index is 1400. The van der Waals surface area contributed by atoms with E-state index in [0.29, 0.717) is 0 Å². The van der Waals surface area contributed by atoms with Crippen LogP contribution in [0, 0.1) is 11.8 Å². The monoisotopic (exact) mass is 520 g/mol. The van der Waals surface area contributed by atoms with Crippen molar-refractivity contribution in [3.8, 4) is 28.0 Å². The molecule has 0 atom stereocenters. The van der Waals surface area contributed by atoms with Gasteiger partial charge in [0, 0.05) is 21.7 Å². The van der Waals surface area contributed by atoms with Crippen molar-refractivity contribution < 1.29 is 4.74 Å². The molecule has 1 aromatic heterocycles. The summed E-state index contributed by atoms with van der Waals surface area (Å²) < 4.78 is 7.40. The van der Waals surface area contributed by atoms with Crippen LogP contribution in [0.1, 0.15) is 42.4 Å². The van der Waals surface area contributed by atoms with E-state index < -0.39 is 0 Å². The summed E-state index contributed by atoms with van der Waals surface area (Å²) in [7, 11) is 0. The zero-order valence-electron chi connectivity index (χ0n) is 22.1. The van der Waals surface area contributed by atoms with E-state index in [4.69, 9.17) is 4.74 Å². The van der Waals surface area contributed by atoms with Crippen LogP contribution in [0.4, 0.5) is 0 Å². The van der Waals surface area contributed by atoms with E-state index in [0.717, 1.165) is 37.4 Å². The van der Waals surface area contributed by atoms with E-state index in [9.17, 15) is 0 Å². The molecule has 2 saturated heterocycles. The number of ether oxygens (including phenoxy) is 1. The van der Waals surface area contributed by atoms with Crippen LogP contribution in [0.5, 0.6) is 5.75 Å². The number of hydrogen-bond donors (Lipinski definition) is 0. The summed E-state index contributed by atoms with van der Waals surface area (Å²) in [6.07, 6.45) is 6.18. The van der Waals surface area contributed by atoms with Gasteiger partial charge in [-0.15, -0.1) is 11.3 Å². The Labute approximate surface area is 231 Å². The summed E-state index contributed by atoms with van der Waals surface area (Å²) in [5, 5.41) is 1.35. The van der Waals surface area contributed by atoms with E-state index in [-0.39, 0.29) is 0 Å². The van der Waals surface area contributed by atoms with E-state index in [1.54, 1.807) is 0 Å². The highest BCUT2D eigenvalue weighted by atomic mass is 32.1. The fourth-order valence-corrected chi connectivity index (χ4v) is 6.84. The van der Waals surface area contributed by atoms with Crippen molar-refractivity contribution in [3.63, 3.8) is 0 Å². The predicted octanol–water partition coefficient (Wildman–Crippen LogP) is 7.08. The Kier molecular flexibility index (Phi) is 8.07. The zero-order chi connectivity index (χ0) is 25.6. The molecule has 0 amide bonds. The first-order valence-electron chi connectivity index (χ1n) is 14.1. The van der Waals surface area contributed by atoms with Crippen LogP contribution >= 0.6 is 11.3 Å². The van der Waals surface area contributed by atoms with Crippen LogP contribution in [0.2, 0.25) is 0 Å². The van der Waals surface area contributed by atoms with Gasteiger partial charge in [0.05, 0.1) is 6.54 Å². The number of likely N-dealkylation sites (tertiary alicyclic amines) is 2. The molecule has 2 aliphatic rings. The summed E-state index contributed by atoms with van der Waals surface area (Å²) >= 11 is 1.89. The lowest BCUT2D eigenvalue weighted by molar-refractivity contribution is 0.238. The fourth-order valence-electron chi connectivity index (χ4n) is 5.61. The molecule has 0 unspecified atom stereocenters. The van der Waals surface area contributed by atoms with E-state index in [1.807, 2.05) is 11.3 Å². The molecule has 0 bridgehead atoms. The Hall–Kier alpha value is -3.10. The van der Waals surface area contributed by atoms with Crippen molar-refractivity contribution in [3.05, 3.63) is 89.5 Å². The molecule has 2 aliphatic heterocycles. The molecular weight excluding hydrogens is 484 g/mol. The van der Waals surface area contributed by atoms with Gasteiger partial charge in [-0.1, -0.05) is 42.2 Å². The van der Waals surface area contributed by atoms with E-state index >= 15 is 0 Å². The quantitative estimate of drug-likeness (QED) is 0.231. The largest absolute Gasteiger partial charge is 0.492 e. The van der Waals surface area contributed by atoms with Crippen LogP contribution in [-0.4, -0.2) is 55.7 Å². The average Bonchev–Trinajstić information content (AvgIpc) is 3.73. The van der Waals surface area contributed by atoms with Crippen LogP contribution in [0.15, 0.2) is 72.8 Å². The molecule has 0 N–H and O–H groups in total. The normalized spacial score (nSPS) is 16.1. The first kappa shape index (κ1) is 25.2. The van der Waals surface area contributed by atoms with Crippen molar-refractivity contribution in [2.24, 2.45) is 0 Å². The summed E-state index contributed by atoms with van der Waals surface area (Å²) in [4.78, 5) is 6.29. The van der Waals surface area contributed by atoms with Crippen LogP contribution < -0.4 is 4.74 Å². The lowest BCUT2D eigenvalue weighted by Gasteiger charge is -2.15. The maximum absolute atomic E-state index is 6.06. The number of fused-ring (bicyclic) bond motifs is 1. The Morgan fingerprint density at radius 3 is 2.24 bits per heavy atom. The van der Waals surface area contributed by atoms with Gasteiger partial charge in [-0.25, -0.2) is 0 Å². The average molecular weight is 521 g/mol. The highest BCUT2D eigenvalue weighted by molar-refractivity contribution is 7.22. The number of nitrogens with zero attached hydrogens (tertiary/aromatic N) is 2. The van der Waals surface area contributed by atoms with Gasteiger partial charge < -0.3 is 4.74 Å². The first-order chi connectivity index (χ1) is 18.8. The third kappa shape index (κ3) is 6.13. The summed E-state index contributed by atoms with van der Waals surface area (Å²) in [6, 6.07) is 26.3. The molecular formula is C34H36N2OS. The van der Waals surface area contributed by atoms with Crippen molar-refractivity contribution in [2.45, 2.75) is 32.1 Å². The number of hydrogen-bond acceptors (Lipinski definition) is 4. The molecule has 6 rings (SSSR count). The van der Waals surface area contributed by atoms with Gasteiger partial charge >= 0.3 is 0 Å². The SMILES string of the molecule is C(#Cc1ccc(Cc2c(-c3ccc(OCCN4CCCC4)cc3)sc3ccccc23)cc1)CN1CCCC1. The van der Waals surface area contributed by atoms with Crippen LogP contribution in [0.25, 0.3) is 20.5 Å². The smallest absolute Gasteiger partial charge is 0.119 e. The second kappa shape index (κ2) is 12.2. The van der Waals surface area contributed by atoms with Gasteiger partial charge in [0.15, 0.2) is 0 Å². The first-order valence-corrected chi connectivity index (χ1v) is 14.9. The van der Waals surface area contributed by atoms with Gasteiger partial charge in [0.25, 0.3) is 0 Å². The zero-order valence-corrected chi connectivity index (χ0v) is 22.9. The number of thiophene rings is 1. The molecule has 38 heavy (non-hydrogen) atoms. The van der Waals surface area contributed by atoms with Gasteiger partial charge in [-0.3, -0.25) is 9.80 Å². The number of rotatable bonds is 8. The molecule has 3 heterocycles. The highest BCUT2D eigenvalue weighted by Gasteiger charge is 2.15. The van der Waals surface area contributed by atoms with E-state index in [2.05, 4.69) is 94.4 Å². The minimum Gasteiger partial charge on any atom is -0.492 e. The molecule has 0 aliphatic carbocycles. The topological polar surface area (TPSA) is 15.7 Å². The molecule has 0 radical (unpaired) electrons. The van der Waals surface area contributed by atoms with Crippen molar-refractivity contribution in [1.82, 2.24) is 9.80 Å². The van der Waals surface area contributed by atoms with Gasteiger partial charge in [-0.05, 0) is 123 Å². The van der Waals surface area contributed by atoms with Gasteiger partial charge in [-0.2, -0.15) is 0 Å². The third-order valence-electron chi connectivity index (χ3n) is 7.76. The van der Waals surface area contributed by atoms with Gasteiger partial charge in [0.2, 0.25) is 0 Å². The summed E-state index contributed by atoms with van der Waals surface area (Å²) in [5.41, 5.74) is 5.09. The maximum atomic E-state index is 6.06. The second-order valence-electron chi connectivity index (χ2n) is 10.5. The van der Waals surface area contributed by atoms with Crippen molar-refractivity contribution in [1.29, 1.82) is 0 Å². The lowest BCUT2D eigenvalue weighted by atomic mass is 9.98. The van der Waals surface area contributed by atoms with Crippen LogP contribution in [0.3, 0.4) is 0 Å². The molecule has 3 nitrogen and oxygen atoms in total. The summed E-state index contributed by atoms with van der Waals surface area (Å²) in [5.74, 6) is 7.67. The molecule has 3 aromatic carbocycles. The van der Waals surface area contributed by atoms with Crippen molar-refractivity contribution in [2.75, 3.05) is 45.9 Å². The number of benzene rings is 3. The predicted molar refractivity (Wildman–Crippen MR) is 160 cm³/mol. The Morgan fingerprint density at radius 2 is 1.47 bits per heavy atom. The van der Waals surface area contributed by atoms with E-state index in [1.165, 1.54) is 83.5 Å². The highest BCUT2D eigenvalue weighted by Crippen LogP contribution is 2.40. The lowest BCUT2D eigenvalue weighted by Crippen LogP contribution is -2.25. The molecule has 4 heteroatoms. The molecule has 2 fully saturated rings. The third-order valence-corrected chi connectivity index (χ3v) is 9.02. The van der Waals surface area contributed by atoms with Crippen LogP contribution in [-0.2, 0) is 6.42 Å². The standard InChI is InChI=1S/C34H36N2OS/c1-2-10-33-31(9-1)32(26-28-13-11-27(12-14-28)8-7-23-35-19-3-4-20-35)34(38-33)29-15-17-30(18-16-29)37-25-24-36-21-5-6-22-36/h1-2,9-18H,3-6,19-26H2. The van der Waals surface area contributed by atoms with Crippen molar-refractivity contribution >= 4 is 21.4 Å². The Balaban J connectivity index is 1.16. The molecule has 4 aromatic rings. The maximum Gasteiger partial charge on any atom is 0.119 e. The molecule has 0 saturated carbocycles. The second-order valence-corrected chi connectivity index (χ2v) is 11.5. The Morgan fingerprint density at radius 1 is 0.763 bits per heavy atom. The minimum absolute atomic E-state index is 0.756. The summed E-state index contributed by atoms with van der Waals surface area (Å²) in [6.45, 7) is 7.47. The molecule has 0 spiro atoms.